The minimum atomic E-state index is -3.43. The smallest absolute Gasteiger partial charge is 0.255 e. The average Bonchev–Trinajstić information content (AvgIpc) is 3.01. The minimum absolute atomic E-state index is 0.146. The van der Waals surface area contributed by atoms with Crippen molar-refractivity contribution >= 4 is 33.2 Å². The second-order valence-electron chi connectivity index (χ2n) is 6.99. The molecule has 0 saturated heterocycles. The van der Waals surface area contributed by atoms with Crippen molar-refractivity contribution in [2.45, 2.75) is 19.6 Å². The first kappa shape index (κ1) is 22.7. The van der Waals surface area contributed by atoms with Crippen LogP contribution in [0.2, 0.25) is 5.02 Å². The summed E-state index contributed by atoms with van der Waals surface area (Å²) in [5.74, 6) is -0.418. The van der Waals surface area contributed by atoms with Crippen LogP contribution < -0.4 is 10.0 Å². The van der Waals surface area contributed by atoms with Crippen LogP contribution in [-0.2, 0) is 15.8 Å². The van der Waals surface area contributed by atoms with Gasteiger partial charge < -0.3 is 5.32 Å². The highest BCUT2D eigenvalue weighted by Crippen LogP contribution is 2.22. The number of halogens is 1. The van der Waals surface area contributed by atoms with Gasteiger partial charge in [-0.2, -0.15) is 5.10 Å². The van der Waals surface area contributed by atoms with E-state index in [4.69, 9.17) is 11.6 Å². The fourth-order valence-electron chi connectivity index (χ4n) is 2.97. The van der Waals surface area contributed by atoms with Gasteiger partial charge in [-0.25, -0.2) is 17.8 Å². The number of nitrogens with zero attached hydrogens (tertiary/aromatic N) is 2. The second-order valence-corrected chi connectivity index (χ2v) is 9.18. The molecule has 0 saturated carbocycles. The van der Waals surface area contributed by atoms with Crippen LogP contribution in [0.1, 0.15) is 27.3 Å². The van der Waals surface area contributed by atoms with Gasteiger partial charge >= 0.3 is 0 Å². The first-order valence-corrected chi connectivity index (χ1v) is 11.5. The molecule has 0 radical (unpaired) electrons. The summed E-state index contributed by atoms with van der Waals surface area (Å²) in [5, 5.41) is 7.83. The van der Waals surface area contributed by atoms with Crippen molar-refractivity contribution in [2.75, 3.05) is 11.9 Å². The van der Waals surface area contributed by atoms with E-state index < -0.39 is 10.0 Å². The van der Waals surface area contributed by atoms with Gasteiger partial charge in [-0.1, -0.05) is 29.8 Å². The van der Waals surface area contributed by atoms with E-state index in [1.165, 1.54) is 6.08 Å². The van der Waals surface area contributed by atoms with E-state index in [9.17, 15) is 13.2 Å². The Balaban J connectivity index is 1.66. The highest BCUT2D eigenvalue weighted by Gasteiger charge is 2.13. The largest absolute Gasteiger partial charge is 0.322 e. The van der Waals surface area contributed by atoms with Gasteiger partial charge in [0.1, 0.15) is 0 Å². The molecule has 7 nitrogen and oxygen atoms in total. The Morgan fingerprint density at radius 2 is 1.77 bits per heavy atom. The van der Waals surface area contributed by atoms with Gasteiger partial charge in [0, 0.05) is 17.8 Å². The molecule has 162 valence electrons. The van der Waals surface area contributed by atoms with Crippen LogP contribution in [0.3, 0.4) is 0 Å². The van der Waals surface area contributed by atoms with Gasteiger partial charge in [0.15, 0.2) is 0 Å². The molecule has 1 amide bonds. The third kappa shape index (κ3) is 5.61. The Morgan fingerprint density at radius 3 is 2.32 bits per heavy atom. The van der Waals surface area contributed by atoms with Crippen molar-refractivity contribution in [1.82, 2.24) is 14.5 Å². The van der Waals surface area contributed by atoms with E-state index in [0.717, 1.165) is 17.1 Å². The zero-order valence-electron chi connectivity index (χ0n) is 17.2. The minimum Gasteiger partial charge on any atom is -0.322 e. The molecule has 0 unspecified atom stereocenters. The third-order valence-electron chi connectivity index (χ3n) is 4.59. The van der Waals surface area contributed by atoms with E-state index >= 15 is 0 Å². The molecule has 0 aliphatic carbocycles. The number of carbonyl (C=O) groups excluding carboxylic acids is 1. The van der Waals surface area contributed by atoms with Gasteiger partial charge in [0.05, 0.1) is 27.9 Å². The summed E-state index contributed by atoms with van der Waals surface area (Å²) < 4.78 is 28.0. The van der Waals surface area contributed by atoms with Gasteiger partial charge in [0.25, 0.3) is 5.91 Å². The first-order valence-electron chi connectivity index (χ1n) is 9.51. The summed E-state index contributed by atoms with van der Waals surface area (Å²) in [6, 6.07) is 13.7. The summed E-state index contributed by atoms with van der Waals surface area (Å²) >= 11 is 6.20. The number of amides is 1. The molecule has 3 rings (SSSR count). The standard InChI is InChI=1S/C22H23ClN4O3S/c1-4-13-24-31(29,30)14-17-5-9-19(10-6-17)25-22(28)18-7-11-20(12-8-18)27-16(3)21(23)15(2)26-27/h4-12,24H,1,13-14H2,2-3H3,(H,25,28). The lowest BCUT2D eigenvalue weighted by molar-refractivity contribution is 0.102. The molecule has 0 bridgehead atoms. The Bertz CT molecular complexity index is 1200. The summed E-state index contributed by atoms with van der Waals surface area (Å²) in [6.07, 6.45) is 1.48. The molecule has 1 heterocycles. The number of sulfonamides is 1. The molecule has 9 heteroatoms. The SMILES string of the molecule is C=CCNS(=O)(=O)Cc1ccc(NC(=O)c2ccc(-n3nc(C)c(Cl)c3C)cc2)cc1. The number of aromatic nitrogens is 2. The number of nitrogens with one attached hydrogen (secondary N) is 2. The molecule has 3 aromatic rings. The van der Waals surface area contributed by atoms with E-state index in [1.54, 1.807) is 53.2 Å². The van der Waals surface area contributed by atoms with Gasteiger partial charge in [0.2, 0.25) is 10.0 Å². The predicted molar refractivity (Wildman–Crippen MR) is 123 cm³/mol. The Hall–Kier alpha value is -2.94. The molecule has 31 heavy (non-hydrogen) atoms. The number of rotatable bonds is 8. The summed E-state index contributed by atoms with van der Waals surface area (Å²) in [7, 11) is -3.43. The third-order valence-corrected chi connectivity index (χ3v) is 6.46. The van der Waals surface area contributed by atoms with Crippen molar-refractivity contribution in [3.8, 4) is 5.69 Å². The molecule has 0 aliphatic heterocycles. The quantitative estimate of drug-likeness (QED) is 0.499. The molecule has 0 spiro atoms. The number of benzene rings is 2. The molecule has 0 fully saturated rings. The molecule has 1 aromatic heterocycles. The molecule has 2 aromatic carbocycles. The normalized spacial score (nSPS) is 11.3. The highest BCUT2D eigenvalue weighted by atomic mass is 35.5. The molecule has 2 N–H and O–H groups in total. The first-order chi connectivity index (χ1) is 14.7. The average molecular weight is 459 g/mol. The van der Waals surface area contributed by atoms with Crippen LogP contribution in [0.5, 0.6) is 0 Å². The topological polar surface area (TPSA) is 93.1 Å². The zero-order valence-corrected chi connectivity index (χ0v) is 18.8. The van der Waals surface area contributed by atoms with Crippen LogP contribution in [-0.4, -0.2) is 30.7 Å². The van der Waals surface area contributed by atoms with Crippen LogP contribution in [0.4, 0.5) is 5.69 Å². The number of carbonyl (C=O) groups is 1. The maximum atomic E-state index is 12.5. The Morgan fingerprint density at radius 1 is 1.13 bits per heavy atom. The predicted octanol–water partition coefficient (Wildman–Crippen LogP) is 4.00. The van der Waals surface area contributed by atoms with Crippen LogP contribution in [0.25, 0.3) is 5.69 Å². The lowest BCUT2D eigenvalue weighted by Gasteiger charge is -2.09. The van der Waals surface area contributed by atoms with Gasteiger partial charge in [-0.3, -0.25) is 4.79 Å². The summed E-state index contributed by atoms with van der Waals surface area (Å²) in [5.41, 5.74) is 4.05. The fourth-order valence-corrected chi connectivity index (χ4v) is 4.20. The van der Waals surface area contributed by atoms with Crippen molar-refractivity contribution in [3.63, 3.8) is 0 Å². The molecule has 0 aliphatic rings. The van der Waals surface area contributed by atoms with Crippen LogP contribution in [0.15, 0.2) is 61.2 Å². The van der Waals surface area contributed by atoms with Gasteiger partial charge in [-0.15, -0.1) is 6.58 Å². The van der Waals surface area contributed by atoms with E-state index in [-0.39, 0.29) is 18.2 Å². The molecule has 0 atom stereocenters. The lowest BCUT2D eigenvalue weighted by Crippen LogP contribution is -2.25. The number of hydrogen-bond donors (Lipinski definition) is 2. The zero-order chi connectivity index (χ0) is 22.6. The maximum absolute atomic E-state index is 12.5. The Kier molecular flexibility index (Phi) is 6.94. The molecular weight excluding hydrogens is 436 g/mol. The monoisotopic (exact) mass is 458 g/mol. The fraction of sp³-hybridized carbons (Fsp3) is 0.182. The van der Waals surface area contributed by atoms with Crippen molar-refractivity contribution in [3.05, 3.63) is 88.7 Å². The highest BCUT2D eigenvalue weighted by molar-refractivity contribution is 7.88. The summed E-state index contributed by atoms with van der Waals surface area (Å²) in [4.78, 5) is 12.5. The van der Waals surface area contributed by atoms with Crippen LogP contribution in [0, 0.1) is 13.8 Å². The summed E-state index contributed by atoms with van der Waals surface area (Å²) in [6.45, 7) is 7.39. The van der Waals surface area contributed by atoms with E-state index in [1.807, 2.05) is 13.8 Å². The lowest BCUT2D eigenvalue weighted by atomic mass is 10.1. The van der Waals surface area contributed by atoms with Crippen molar-refractivity contribution in [1.29, 1.82) is 0 Å². The maximum Gasteiger partial charge on any atom is 0.255 e. The number of aryl methyl sites for hydroxylation is 1. The van der Waals surface area contributed by atoms with E-state index in [0.29, 0.717) is 21.8 Å². The van der Waals surface area contributed by atoms with E-state index in [2.05, 4.69) is 21.7 Å². The van der Waals surface area contributed by atoms with Crippen molar-refractivity contribution < 1.29 is 13.2 Å². The second kappa shape index (κ2) is 9.47. The number of anilines is 1. The molecular formula is C22H23ClN4O3S. The Labute approximate surface area is 186 Å². The number of hydrogen-bond acceptors (Lipinski definition) is 4. The van der Waals surface area contributed by atoms with Crippen LogP contribution >= 0.6 is 11.6 Å². The van der Waals surface area contributed by atoms with Crippen molar-refractivity contribution in [2.24, 2.45) is 0 Å². The van der Waals surface area contributed by atoms with Gasteiger partial charge in [-0.05, 0) is 55.8 Å².